The van der Waals surface area contributed by atoms with E-state index in [4.69, 9.17) is 5.73 Å². The number of rotatable bonds is 5. The number of H-pyrrole nitrogens is 1. The largest absolute Gasteiger partial charge is 0.347 e. The van der Waals surface area contributed by atoms with Crippen LogP contribution >= 0.6 is 0 Å². The van der Waals surface area contributed by atoms with Gasteiger partial charge in [-0.2, -0.15) is 0 Å². The van der Waals surface area contributed by atoms with Gasteiger partial charge in [0.1, 0.15) is 12.4 Å². The van der Waals surface area contributed by atoms with Gasteiger partial charge in [0.05, 0.1) is 17.9 Å². The van der Waals surface area contributed by atoms with Gasteiger partial charge in [-0.25, -0.2) is 9.67 Å². The Labute approximate surface area is 104 Å². The molecule has 0 aliphatic heterocycles. The minimum Gasteiger partial charge on any atom is -0.347 e. The molecule has 1 amide bonds. The number of hydrogen-bond donors (Lipinski definition) is 3. The van der Waals surface area contributed by atoms with E-state index in [2.05, 4.69) is 25.6 Å². The standard InChI is InChI=1S/C10H15N7O/c1-7(10-12-2-3-13-10)14-9(18)6-17-5-8(4-11)15-16-17/h2-3,5,7H,4,6,11H2,1H3,(H,12,13)(H,14,18). The third-order valence-electron chi connectivity index (χ3n) is 2.41. The fourth-order valence-corrected chi connectivity index (χ4v) is 1.53. The monoisotopic (exact) mass is 249 g/mol. The Morgan fingerprint density at radius 3 is 3.11 bits per heavy atom. The second-order valence-electron chi connectivity index (χ2n) is 3.88. The molecule has 2 aromatic rings. The molecule has 2 aromatic heterocycles. The molecule has 8 heteroatoms. The highest BCUT2D eigenvalue weighted by atomic mass is 16.2. The van der Waals surface area contributed by atoms with Crippen molar-refractivity contribution in [3.63, 3.8) is 0 Å². The highest BCUT2D eigenvalue weighted by Crippen LogP contribution is 2.04. The van der Waals surface area contributed by atoms with Gasteiger partial charge in [-0.1, -0.05) is 5.21 Å². The fourth-order valence-electron chi connectivity index (χ4n) is 1.53. The maximum absolute atomic E-state index is 11.7. The average Bonchev–Trinajstić information content (AvgIpc) is 2.98. The highest BCUT2D eigenvalue weighted by molar-refractivity contribution is 5.75. The zero-order chi connectivity index (χ0) is 13.0. The van der Waals surface area contributed by atoms with Crippen molar-refractivity contribution < 1.29 is 4.79 Å². The molecule has 1 unspecified atom stereocenters. The average molecular weight is 249 g/mol. The second kappa shape index (κ2) is 5.41. The molecule has 0 spiro atoms. The fraction of sp³-hybridized carbons (Fsp3) is 0.400. The van der Waals surface area contributed by atoms with Crippen LogP contribution in [0.25, 0.3) is 0 Å². The van der Waals surface area contributed by atoms with E-state index in [1.807, 2.05) is 6.92 Å². The number of hydrogen-bond acceptors (Lipinski definition) is 5. The molecule has 0 aromatic carbocycles. The zero-order valence-electron chi connectivity index (χ0n) is 10.00. The van der Waals surface area contributed by atoms with Crippen LogP contribution in [0.3, 0.4) is 0 Å². The summed E-state index contributed by atoms with van der Waals surface area (Å²) in [5.41, 5.74) is 6.06. The van der Waals surface area contributed by atoms with Crippen LogP contribution in [0.1, 0.15) is 24.5 Å². The predicted molar refractivity (Wildman–Crippen MR) is 63.1 cm³/mol. The van der Waals surface area contributed by atoms with Gasteiger partial charge in [0, 0.05) is 18.9 Å². The van der Waals surface area contributed by atoms with Crippen molar-refractivity contribution in [3.8, 4) is 0 Å². The molecular formula is C10H15N7O. The predicted octanol–water partition coefficient (Wildman–Crippen LogP) is -0.663. The first-order valence-electron chi connectivity index (χ1n) is 5.56. The normalized spacial score (nSPS) is 12.3. The minimum absolute atomic E-state index is 0.109. The highest BCUT2D eigenvalue weighted by Gasteiger charge is 2.12. The Hall–Kier alpha value is -2.22. The van der Waals surface area contributed by atoms with E-state index >= 15 is 0 Å². The molecule has 4 N–H and O–H groups in total. The van der Waals surface area contributed by atoms with Crippen molar-refractivity contribution in [3.05, 3.63) is 30.1 Å². The molecule has 18 heavy (non-hydrogen) atoms. The summed E-state index contributed by atoms with van der Waals surface area (Å²) in [6, 6.07) is -0.176. The van der Waals surface area contributed by atoms with Crippen molar-refractivity contribution >= 4 is 5.91 Å². The molecule has 96 valence electrons. The molecule has 2 rings (SSSR count). The molecular weight excluding hydrogens is 234 g/mol. The lowest BCUT2D eigenvalue weighted by Crippen LogP contribution is -2.30. The Bertz CT molecular complexity index is 504. The number of carbonyl (C=O) groups excluding carboxylic acids is 1. The van der Waals surface area contributed by atoms with Gasteiger partial charge in [-0.15, -0.1) is 5.10 Å². The summed E-state index contributed by atoms with van der Waals surface area (Å²) in [6.45, 7) is 2.27. The molecule has 0 aliphatic rings. The number of aromatic amines is 1. The Morgan fingerprint density at radius 2 is 2.50 bits per heavy atom. The first kappa shape index (κ1) is 12.2. The number of aromatic nitrogens is 5. The van der Waals surface area contributed by atoms with Crippen molar-refractivity contribution in [2.45, 2.75) is 26.1 Å². The maximum Gasteiger partial charge on any atom is 0.242 e. The zero-order valence-corrected chi connectivity index (χ0v) is 10.00. The van der Waals surface area contributed by atoms with E-state index < -0.39 is 0 Å². The van der Waals surface area contributed by atoms with Gasteiger partial charge in [0.2, 0.25) is 5.91 Å². The van der Waals surface area contributed by atoms with E-state index in [0.29, 0.717) is 18.1 Å². The number of imidazole rings is 1. The molecule has 0 bridgehead atoms. The van der Waals surface area contributed by atoms with Crippen LogP contribution in [0.4, 0.5) is 0 Å². The molecule has 8 nitrogen and oxygen atoms in total. The van der Waals surface area contributed by atoms with Crippen molar-refractivity contribution in [2.75, 3.05) is 0 Å². The summed E-state index contributed by atoms with van der Waals surface area (Å²) in [6.07, 6.45) is 5.00. The van der Waals surface area contributed by atoms with Crippen LogP contribution < -0.4 is 11.1 Å². The lowest BCUT2D eigenvalue weighted by Gasteiger charge is -2.10. The molecule has 0 fully saturated rings. The van der Waals surface area contributed by atoms with Gasteiger partial charge in [0.15, 0.2) is 0 Å². The van der Waals surface area contributed by atoms with E-state index in [1.54, 1.807) is 18.6 Å². The van der Waals surface area contributed by atoms with Crippen LogP contribution in [0.5, 0.6) is 0 Å². The number of nitrogens with zero attached hydrogens (tertiary/aromatic N) is 4. The first-order chi connectivity index (χ1) is 8.69. The van der Waals surface area contributed by atoms with E-state index in [-0.39, 0.29) is 18.5 Å². The molecule has 0 saturated carbocycles. The third kappa shape index (κ3) is 2.92. The Morgan fingerprint density at radius 1 is 1.67 bits per heavy atom. The van der Waals surface area contributed by atoms with Crippen molar-refractivity contribution in [2.24, 2.45) is 5.73 Å². The number of nitrogens with one attached hydrogen (secondary N) is 2. The summed E-state index contributed by atoms with van der Waals surface area (Å²) in [5, 5.41) is 10.4. The lowest BCUT2D eigenvalue weighted by molar-refractivity contribution is -0.122. The van der Waals surface area contributed by atoms with Crippen LogP contribution in [0.15, 0.2) is 18.6 Å². The topological polar surface area (TPSA) is 115 Å². The molecule has 1 atom stereocenters. The van der Waals surface area contributed by atoms with Crippen molar-refractivity contribution in [1.82, 2.24) is 30.3 Å². The van der Waals surface area contributed by atoms with Crippen molar-refractivity contribution in [1.29, 1.82) is 0 Å². The van der Waals surface area contributed by atoms with Gasteiger partial charge in [-0.3, -0.25) is 4.79 Å². The van der Waals surface area contributed by atoms with E-state index in [1.165, 1.54) is 4.68 Å². The quantitative estimate of drug-likeness (QED) is 0.650. The van der Waals surface area contributed by atoms with Crippen LogP contribution in [0.2, 0.25) is 0 Å². The lowest BCUT2D eigenvalue weighted by atomic mass is 10.3. The molecule has 0 radical (unpaired) electrons. The van der Waals surface area contributed by atoms with E-state index in [9.17, 15) is 4.79 Å². The van der Waals surface area contributed by atoms with Gasteiger partial charge in [0.25, 0.3) is 0 Å². The molecule has 0 saturated heterocycles. The SMILES string of the molecule is CC(NC(=O)Cn1cc(CN)nn1)c1ncc[nH]1. The first-order valence-corrected chi connectivity index (χ1v) is 5.56. The second-order valence-corrected chi connectivity index (χ2v) is 3.88. The number of carbonyl (C=O) groups is 1. The number of amides is 1. The smallest absolute Gasteiger partial charge is 0.242 e. The summed E-state index contributed by atoms with van der Waals surface area (Å²) in [4.78, 5) is 18.8. The van der Waals surface area contributed by atoms with Crippen LogP contribution in [-0.4, -0.2) is 30.9 Å². The number of nitrogens with two attached hydrogens (primary N) is 1. The van der Waals surface area contributed by atoms with E-state index in [0.717, 1.165) is 0 Å². The van der Waals surface area contributed by atoms with Gasteiger partial charge >= 0.3 is 0 Å². The Balaban J connectivity index is 1.88. The van der Waals surface area contributed by atoms with Crippen LogP contribution in [-0.2, 0) is 17.9 Å². The summed E-state index contributed by atoms with van der Waals surface area (Å²) in [7, 11) is 0. The minimum atomic E-state index is -0.176. The van der Waals surface area contributed by atoms with Crippen LogP contribution in [0, 0.1) is 0 Å². The third-order valence-corrected chi connectivity index (χ3v) is 2.41. The molecule has 0 aliphatic carbocycles. The Kier molecular flexibility index (Phi) is 3.68. The van der Waals surface area contributed by atoms with Gasteiger partial charge < -0.3 is 16.0 Å². The van der Waals surface area contributed by atoms with Gasteiger partial charge in [-0.05, 0) is 6.92 Å². The molecule has 2 heterocycles. The summed E-state index contributed by atoms with van der Waals surface area (Å²) >= 11 is 0. The maximum atomic E-state index is 11.7. The summed E-state index contributed by atoms with van der Waals surface area (Å²) < 4.78 is 1.45. The summed E-state index contributed by atoms with van der Waals surface area (Å²) in [5.74, 6) is 0.553.